The maximum atomic E-state index is 4.48. The molecule has 130 valence electrons. The number of nitrogens with zero attached hydrogens (tertiary/aromatic N) is 2. The van der Waals surface area contributed by atoms with Gasteiger partial charge >= 0.3 is 0 Å². The lowest BCUT2D eigenvalue weighted by Crippen LogP contribution is -1.80. The molecule has 0 fully saturated rings. The molecule has 1 N–H and O–H groups in total. The number of benzene rings is 4. The van der Waals surface area contributed by atoms with Crippen LogP contribution in [0.15, 0.2) is 109 Å². The highest BCUT2D eigenvalue weighted by Crippen LogP contribution is 2.19. The third kappa shape index (κ3) is 4.10. The first-order valence-electron chi connectivity index (χ1n) is 8.87. The van der Waals surface area contributed by atoms with Gasteiger partial charge < -0.3 is 0 Å². The van der Waals surface area contributed by atoms with Crippen molar-refractivity contribution in [1.29, 1.82) is 0 Å². The average Bonchev–Trinajstić information content (AvgIpc) is 3.26. The molecule has 27 heavy (non-hydrogen) atoms. The highest BCUT2D eigenvalue weighted by atomic mass is 15.2. The second-order valence-electron chi connectivity index (χ2n) is 6.09. The summed E-state index contributed by atoms with van der Waals surface area (Å²) in [6, 6.07) is 36.6. The molecule has 0 saturated heterocycles. The summed E-state index contributed by atoms with van der Waals surface area (Å²) < 4.78 is 0. The first-order valence-corrected chi connectivity index (χ1v) is 8.87. The molecule has 0 spiro atoms. The van der Waals surface area contributed by atoms with Crippen molar-refractivity contribution in [3.63, 3.8) is 0 Å². The second-order valence-corrected chi connectivity index (χ2v) is 6.09. The van der Waals surface area contributed by atoms with Crippen molar-refractivity contribution in [3.05, 3.63) is 109 Å². The Bertz CT molecular complexity index is 996. The fourth-order valence-corrected chi connectivity index (χ4v) is 2.84. The van der Waals surface area contributed by atoms with Gasteiger partial charge in [0.15, 0.2) is 11.6 Å². The topological polar surface area (TPSA) is 41.6 Å². The van der Waals surface area contributed by atoms with Crippen LogP contribution in [0.3, 0.4) is 0 Å². The SMILES string of the molecule is c1ccc(-c2n[nH]c(-c3ccccc3)n2)cc1.c1ccc2ccccc2c1. The van der Waals surface area contributed by atoms with Crippen molar-refractivity contribution >= 4 is 10.8 Å². The first kappa shape index (κ1) is 16.7. The van der Waals surface area contributed by atoms with Gasteiger partial charge in [-0.2, -0.15) is 5.10 Å². The van der Waals surface area contributed by atoms with E-state index < -0.39 is 0 Å². The minimum atomic E-state index is 0.726. The van der Waals surface area contributed by atoms with E-state index in [9.17, 15) is 0 Å². The molecule has 1 heterocycles. The Morgan fingerprint density at radius 2 is 0.926 bits per heavy atom. The molecule has 4 aromatic carbocycles. The third-order valence-corrected chi connectivity index (χ3v) is 4.22. The molecule has 3 nitrogen and oxygen atoms in total. The van der Waals surface area contributed by atoms with Crippen LogP contribution in [-0.2, 0) is 0 Å². The number of H-pyrrole nitrogens is 1. The highest BCUT2D eigenvalue weighted by Gasteiger charge is 2.06. The summed E-state index contributed by atoms with van der Waals surface area (Å²) in [6.07, 6.45) is 0. The van der Waals surface area contributed by atoms with Gasteiger partial charge in [-0.15, -0.1) is 0 Å². The number of aromatic nitrogens is 3. The van der Waals surface area contributed by atoms with Crippen LogP contribution in [0.1, 0.15) is 0 Å². The van der Waals surface area contributed by atoms with Crippen LogP contribution in [0.5, 0.6) is 0 Å². The molecule has 0 amide bonds. The van der Waals surface area contributed by atoms with Crippen LogP contribution in [0, 0.1) is 0 Å². The quantitative estimate of drug-likeness (QED) is 0.426. The molecule has 0 aliphatic heterocycles. The van der Waals surface area contributed by atoms with Gasteiger partial charge in [0, 0.05) is 11.1 Å². The van der Waals surface area contributed by atoms with Crippen molar-refractivity contribution in [2.24, 2.45) is 0 Å². The molecular formula is C24H19N3. The Balaban J connectivity index is 0.000000153. The van der Waals surface area contributed by atoms with Crippen molar-refractivity contribution in [2.45, 2.75) is 0 Å². The largest absolute Gasteiger partial charge is 0.259 e. The number of hydrogen-bond acceptors (Lipinski definition) is 2. The molecule has 0 atom stereocenters. The molecule has 0 bridgehead atoms. The average molecular weight is 349 g/mol. The lowest BCUT2D eigenvalue weighted by molar-refractivity contribution is 1.10. The van der Waals surface area contributed by atoms with E-state index in [-0.39, 0.29) is 0 Å². The van der Waals surface area contributed by atoms with Gasteiger partial charge in [0.05, 0.1) is 0 Å². The summed E-state index contributed by atoms with van der Waals surface area (Å²) in [5.74, 6) is 1.52. The van der Waals surface area contributed by atoms with Crippen LogP contribution >= 0.6 is 0 Å². The third-order valence-electron chi connectivity index (χ3n) is 4.22. The van der Waals surface area contributed by atoms with Gasteiger partial charge in [-0.25, -0.2) is 4.98 Å². The Kier molecular flexibility index (Phi) is 5.02. The van der Waals surface area contributed by atoms with Gasteiger partial charge in [0.1, 0.15) is 0 Å². The lowest BCUT2D eigenvalue weighted by Gasteiger charge is -1.93. The molecule has 0 aliphatic carbocycles. The Morgan fingerprint density at radius 1 is 0.481 bits per heavy atom. The normalized spacial score (nSPS) is 10.2. The first-order chi connectivity index (χ1) is 13.4. The van der Waals surface area contributed by atoms with Crippen LogP contribution in [0.4, 0.5) is 0 Å². The van der Waals surface area contributed by atoms with E-state index in [1.165, 1.54) is 10.8 Å². The monoisotopic (exact) mass is 349 g/mol. The minimum Gasteiger partial charge on any atom is -0.259 e. The fraction of sp³-hybridized carbons (Fsp3) is 0. The molecular weight excluding hydrogens is 330 g/mol. The smallest absolute Gasteiger partial charge is 0.181 e. The lowest BCUT2D eigenvalue weighted by atomic mass is 10.1. The molecule has 3 heteroatoms. The van der Waals surface area contributed by atoms with Crippen molar-refractivity contribution < 1.29 is 0 Å². The van der Waals surface area contributed by atoms with E-state index in [2.05, 4.69) is 63.7 Å². The minimum absolute atomic E-state index is 0.726. The predicted molar refractivity (Wildman–Crippen MR) is 111 cm³/mol. The van der Waals surface area contributed by atoms with Crippen LogP contribution in [0.2, 0.25) is 0 Å². The summed E-state index contributed by atoms with van der Waals surface area (Å²) >= 11 is 0. The summed E-state index contributed by atoms with van der Waals surface area (Å²) in [5, 5.41) is 9.81. The van der Waals surface area contributed by atoms with Gasteiger partial charge in [0.2, 0.25) is 0 Å². The molecule has 1 aromatic heterocycles. The zero-order chi connectivity index (χ0) is 18.3. The van der Waals surface area contributed by atoms with E-state index in [0.717, 1.165) is 22.8 Å². The van der Waals surface area contributed by atoms with Crippen LogP contribution in [0.25, 0.3) is 33.5 Å². The Labute approximate surface area is 158 Å². The molecule has 0 unspecified atom stereocenters. The maximum absolute atomic E-state index is 4.48. The summed E-state index contributed by atoms with van der Waals surface area (Å²) in [6.45, 7) is 0. The summed E-state index contributed by atoms with van der Waals surface area (Å²) in [4.78, 5) is 4.48. The second kappa shape index (κ2) is 8.11. The molecule has 0 aliphatic rings. The number of rotatable bonds is 2. The Morgan fingerprint density at radius 3 is 1.44 bits per heavy atom. The van der Waals surface area contributed by atoms with E-state index in [4.69, 9.17) is 0 Å². The fourth-order valence-electron chi connectivity index (χ4n) is 2.84. The van der Waals surface area contributed by atoms with E-state index in [1.54, 1.807) is 0 Å². The maximum Gasteiger partial charge on any atom is 0.181 e. The Hall–Kier alpha value is -3.72. The van der Waals surface area contributed by atoms with E-state index >= 15 is 0 Å². The van der Waals surface area contributed by atoms with Crippen molar-refractivity contribution in [3.8, 4) is 22.8 Å². The highest BCUT2D eigenvalue weighted by molar-refractivity contribution is 5.82. The number of aromatic amines is 1. The van der Waals surface area contributed by atoms with Crippen LogP contribution < -0.4 is 0 Å². The van der Waals surface area contributed by atoms with Gasteiger partial charge in [-0.1, -0.05) is 109 Å². The van der Waals surface area contributed by atoms with Gasteiger partial charge in [-0.05, 0) is 10.8 Å². The summed E-state index contributed by atoms with van der Waals surface area (Å²) in [7, 11) is 0. The number of hydrogen-bond donors (Lipinski definition) is 1. The van der Waals surface area contributed by atoms with Gasteiger partial charge in [0.25, 0.3) is 0 Å². The summed E-state index contributed by atoms with van der Waals surface area (Å²) in [5.41, 5.74) is 2.06. The number of nitrogens with one attached hydrogen (secondary N) is 1. The van der Waals surface area contributed by atoms with Crippen molar-refractivity contribution in [2.75, 3.05) is 0 Å². The van der Waals surface area contributed by atoms with Gasteiger partial charge in [-0.3, -0.25) is 5.10 Å². The molecule has 5 rings (SSSR count). The standard InChI is InChI=1S/C14H11N3.C10H8/c1-3-7-11(8-4-1)13-15-14(17-16-13)12-9-5-2-6-10-12;1-2-6-10-8-4-3-7-9(10)5-1/h1-10H,(H,15,16,17);1-8H. The predicted octanol–water partition coefficient (Wildman–Crippen LogP) is 5.98. The zero-order valence-electron chi connectivity index (χ0n) is 14.8. The van der Waals surface area contributed by atoms with E-state index in [0.29, 0.717) is 0 Å². The van der Waals surface area contributed by atoms with Crippen LogP contribution in [-0.4, -0.2) is 15.2 Å². The zero-order valence-corrected chi connectivity index (χ0v) is 14.8. The number of fused-ring (bicyclic) bond motifs is 1. The molecule has 0 saturated carbocycles. The van der Waals surface area contributed by atoms with Crippen molar-refractivity contribution in [1.82, 2.24) is 15.2 Å². The molecule has 0 radical (unpaired) electrons. The van der Waals surface area contributed by atoms with E-state index in [1.807, 2.05) is 60.7 Å². The molecule has 5 aromatic rings.